The molecule has 524 valence electrons. The highest BCUT2D eigenvalue weighted by Crippen LogP contribution is 2.40. The molecule has 0 amide bonds. The predicted molar refractivity (Wildman–Crippen MR) is 451 cm³/mol. The van der Waals surface area contributed by atoms with Crippen LogP contribution in [0.2, 0.25) is 0 Å². The molecule has 15 aromatic carbocycles. The molecule has 0 radical (unpaired) electrons. The lowest BCUT2D eigenvalue weighted by molar-refractivity contribution is 0.101. The molecule has 108 heavy (non-hydrogen) atoms. The van der Waals surface area contributed by atoms with Gasteiger partial charge in [-0.3, -0.25) is 9.59 Å². The number of hydrogen-bond acceptors (Lipinski definition) is 7. The van der Waals surface area contributed by atoms with Gasteiger partial charge in [0.1, 0.15) is 23.0 Å². The molecule has 1 aromatic heterocycles. The molecule has 0 aliphatic heterocycles. The van der Waals surface area contributed by atoms with Crippen LogP contribution in [0.4, 0.5) is 0 Å². The molecule has 0 spiro atoms. The van der Waals surface area contributed by atoms with Gasteiger partial charge in [0, 0.05) is 30.7 Å². The topological polar surface area (TPSA) is 52.6 Å². The van der Waals surface area contributed by atoms with Gasteiger partial charge >= 0.3 is 0 Å². The van der Waals surface area contributed by atoms with Gasteiger partial charge in [0.05, 0.1) is 48.5 Å². The first kappa shape index (κ1) is 73.9. The molecule has 1 heterocycles. The summed E-state index contributed by atoms with van der Waals surface area (Å²) in [5, 5.41) is 1.91. The largest absolute Gasteiger partial charge is 0.457 e. The second kappa shape index (κ2) is 37.5. The molecule has 16 aromatic rings. The summed E-state index contributed by atoms with van der Waals surface area (Å²) in [5.74, 6) is 3.04. The van der Waals surface area contributed by atoms with Crippen LogP contribution in [-0.4, -0.2) is 11.6 Å². The van der Waals surface area contributed by atoms with E-state index in [2.05, 4.69) is 315 Å². The predicted octanol–water partition coefficient (Wildman–Crippen LogP) is 26.8. The first-order chi connectivity index (χ1) is 53.3. The van der Waals surface area contributed by atoms with Crippen molar-refractivity contribution in [2.24, 2.45) is 0 Å². The lowest BCUT2D eigenvalue weighted by atomic mass is 10.1. The molecule has 0 saturated heterocycles. The second-order valence-corrected chi connectivity index (χ2v) is 35.8. The Morgan fingerprint density at radius 2 is 0.435 bits per heavy atom. The van der Waals surface area contributed by atoms with E-state index in [4.69, 9.17) is 9.47 Å². The number of ether oxygens (including phenoxy) is 2. The molecule has 0 bridgehead atoms. The van der Waals surface area contributed by atoms with E-state index in [1.807, 2.05) is 126 Å². The Morgan fingerprint density at radius 1 is 0.231 bits per heavy atom. The zero-order valence-corrected chi connectivity index (χ0v) is 64.7. The van der Waals surface area contributed by atoms with Crippen molar-refractivity contribution >= 4 is 90.0 Å². The van der Waals surface area contributed by atoms with Crippen molar-refractivity contribution in [1.82, 2.24) is 0 Å². The first-order valence-electron chi connectivity index (χ1n) is 35.2. The van der Waals surface area contributed by atoms with Crippen molar-refractivity contribution in [2.75, 3.05) is 0 Å². The number of carbonyl (C=O) groups excluding carboxylic acids is 2. The number of benzene rings is 15. The van der Waals surface area contributed by atoms with E-state index in [0.717, 1.165) is 16.4 Å². The lowest BCUT2D eigenvalue weighted by Gasteiger charge is -2.10. The van der Waals surface area contributed by atoms with Crippen LogP contribution < -0.4 is 9.47 Å². The van der Waals surface area contributed by atoms with E-state index < -0.39 is 0 Å². The van der Waals surface area contributed by atoms with Gasteiger partial charge in [0.25, 0.3) is 0 Å². The molecule has 0 N–H and O–H groups in total. The number of Topliss-reactive ketones (excluding diaryl/α,β-unsaturated/α-hetero) is 1. The Bertz CT molecular complexity index is 5100. The molecule has 0 fully saturated rings. The van der Waals surface area contributed by atoms with Crippen LogP contribution in [0.3, 0.4) is 0 Å². The Morgan fingerprint density at radius 3 is 0.657 bits per heavy atom. The molecule has 16 rings (SSSR count). The van der Waals surface area contributed by atoms with Crippen LogP contribution in [0, 0.1) is 0 Å². The molecule has 0 saturated carbocycles. The van der Waals surface area contributed by atoms with Crippen LogP contribution in [-0.2, 0) is 43.6 Å². The maximum atomic E-state index is 12.5. The van der Waals surface area contributed by atoms with Crippen LogP contribution in [0.15, 0.2) is 508 Å². The molecule has 0 atom stereocenters. The van der Waals surface area contributed by atoms with Gasteiger partial charge in [0.15, 0.2) is 64.5 Å². The van der Waals surface area contributed by atoms with Crippen LogP contribution in [0.5, 0.6) is 23.0 Å². The summed E-state index contributed by atoms with van der Waals surface area (Å²) in [4.78, 5) is 45.2. The lowest BCUT2D eigenvalue weighted by Crippen LogP contribution is -2.04. The molecule has 0 aliphatic rings. The molecular weight excluding hydrogens is 1450 g/mol. The third-order valence-electron chi connectivity index (χ3n) is 17.0. The minimum Gasteiger partial charge on any atom is -0.457 e. The van der Waals surface area contributed by atoms with Crippen molar-refractivity contribution in [3.8, 4) is 23.0 Å². The number of hydrogen-bond donors (Lipinski definition) is 0. The first-order valence-corrected chi connectivity index (χ1v) is 42.6. The summed E-state index contributed by atoms with van der Waals surface area (Å²) in [6.07, 6.45) is 0. The van der Waals surface area contributed by atoms with Crippen molar-refractivity contribution < 1.29 is 19.1 Å². The van der Waals surface area contributed by atoms with Crippen molar-refractivity contribution in [1.29, 1.82) is 0 Å². The highest BCUT2D eigenvalue weighted by atomic mass is 32.2. The summed E-state index contributed by atoms with van der Waals surface area (Å²) in [7, 11) is -0.611. The highest BCUT2D eigenvalue weighted by Gasteiger charge is 2.32. The summed E-state index contributed by atoms with van der Waals surface area (Å²) in [5.41, 5.74) is 1.34. The van der Waals surface area contributed by atoms with Crippen molar-refractivity contribution in [3.63, 3.8) is 0 Å². The number of rotatable bonds is 23. The minimum atomic E-state index is -0.185. The SMILES string of the molecule is CC(=O)c1ccc(Oc2ccc([S+](c3ccccc3)c3ccccc3)cc2)cc1.O=C(c1ccc(Oc2ccc([S+](c3ccccc3)c3ccccc3)cc2)cc1)c1cccs1.c1ccc([S+](c2ccccc2)c2ccc(Sc3ccc(Sc4ccc([S+](c5ccccc5)c5ccccc5)cc4)cc3)cc2)cc1. The smallest absolute Gasteiger partial charge is 0.202 e. The van der Waals surface area contributed by atoms with Crippen molar-refractivity contribution in [3.05, 3.63) is 446 Å². The molecular formula is C97H74O4S7+4. The summed E-state index contributed by atoms with van der Waals surface area (Å²) in [6, 6.07) is 148. The van der Waals surface area contributed by atoms with Gasteiger partial charge in [-0.2, -0.15) is 0 Å². The Kier molecular flexibility index (Phi) is 25.7. The normalized spacial score (nSPS) is 10.9. The number of carbonyl (C=O) groups is 2. The number of thiophene rings is 1. The van der Waals surface area contributed by atoms with E-state index in [1.165, 1.54) is 89.7 Å². The van der Waals surface area contributed by atoms with Gasteiger partial charge in [0.2, 0.25) is 5.78 Å². The van der Waals surface area contributed by atoms with E-state index in [-0.39, 0.29) is 55.1 Å². The molecule has 0 unspecified atom stereocenters. The maximum Gasteiger partial charge on any atom is 0.202 e. The van der Waals surface area contributed by atoms with Gasteiger partial charge in [-0.1, -0.05) is 175 Å². The van der Waals surface area contributed by atoms with Gasteiger partial charge in [-0.05, 0) is 285 Å². The standard InChI is InChI=1S/C42H32S4.C29H21O2S2.C26H21O2S/c1-5-13-37(14-6-1)45(38-15-7-2-8-16-38)41-29-25-35(26-30-41)43-33-21-23-34(24-22-33)44-36-27-31-42(32-28-36)46(39-17-9-3-10-18-39)40-19-11-4-12-20-40;30-29(28-12-7-21-32-28)22-13-15-23(16-14-22)31-24-17-19-27(20-18-24)33(25-8-3-1-4-9-25)26-10-5-2-6-11-26;1-20(27)21-12-14-22(15-13-21)28-23-16-18-26(19-17-23)29(24-8-4-2-5-9-24)25-10-6-3-7-11-25/h1-32H;1-21H;2-19H,1H3/q+2;2*+1. The van der Waals surface area contributed by atoms with Crippen LogP contribution in [0.25, 0.3) is 0 Å². The Hall–Kier alpha value is -11.0. The van der Waals surface area contributed by atoms with E-state index in [9.17, 15) is 9.59 Å². The Balaban J connectivity index is 0.000000140. The van der Waals surface area contributed by atoms with E-state index >= 15 is 0 Å². The summed E-state index contributed by atoms with van der Waals surface area (Å²) in [6.45, 7) is 1.56. The monoisotopic (exact) mass is 1530 g/mol. The highest BCUT2D eigenvalue weighted by molar-refractivity contribution is 8.00. The quantitative estimate of drug-likeness (QED) is 0.0470. The zero-order chi connectivity index (χ0) is 73.5. The maximum absolute atomic E-state index is 12.5. The average molecular weight is 1530 g/mol. The third kappa shape index (κ3) is 19.8. The van der Waals surface area contributed by atoms with Crippen molar-refractivity contribution in [2.45, 2.75) is 85.3 Å². The van der Waals surface area contributed by atoms with Crippen LogP contribution >= 0.6 is 34.9 Å². The van der Waals surface area contributed by atoms with Gasteiger partial charge < -0.3 is 9.47 Å². The summed E-state index contributed by atoms with van der Waals surface area (Å²) < 4.78 is 12.0. The average Bonchev–Trinajstić information content (AvgIpc) is 0.914. The van der Waals surface area contributed by atoms with E-state index in [0.29, 0.717) is 22.6 Å². The van der Waals surface area contributed by atoms with E-state index in [1.54, 1.807) is 19.1 Å². The Labute approximate surface area is 657 Å². The van der Waals surface area contributed by atoms with Crippen LogP contribution in [0.1, 0.15) is 32.5 Å². The third-order valence-corrected chi connectivity index (χ3v) is 28.8. The molecule has 11 heteroatoms. The van der Waals surface area contributed by atoms with Gasteiger partial charge in [-0.15, -0.1) is 11.3 Å². The fraction of sp³-hybridized carbons (Fsp3) is 0.0103. The molecule has 0 aliphatic carbocycles. The number of ketones is 2. The van der Waals surface area contributed by atoms with Gasteiger partial charge in [-0.25, -0.2) is 0 Å². The zero-order valence-electron chi connectivity index (χ0n) is 59.0. The fourth-order valence-corrected chi connectivity index (χ4v) is 22.4. The minimum absolute atomic E-state index is 0.0368. The summed E-state index contributed by atoms with van der Waals surface area (Å²) >= 11 is 5.07. The fourth-order valence-electron chi connectivity index (χ4n) is 11.8. The second-order valence-electron chi connectivity index (χ2n) is 24.4. The molecule has 4 nitrogen and oxygen atoms in total.